The number of nitrogens with two attached hydrogens (primary N) is 1. The SMILES string of the molecule is CC1(C)CCN(S(=O)(=O)c2ccc(NN)nc2)C1. The number of anilines is 1. The number of aromatic nitrogens is 1. The number of nitrogens with one attached hydrogen (secondary N) is 1. The molecule has 1 aromatic heterocycles. The molecule has 2 rings (SSSR count). The van der Waals surface area contributed by atoms with Crippen molar-refractivity contribution in [2.24, 2.45) is 11.3 Å². The molecule has 0 aromatic carbocycles. The number of nitrogens with zero attached hydrogens (tertiary/aromatic N) is 2. The molecule has 0 radical (unpaired) electrons. The normalized spacial score (nSPS) is 19.9. The third-order valence-corrected chi connectivity index (χ3v) is 4.99. The molecule has 0 unspecified atom stereocenters. The van der Waals surface area contributed by atoms with Gasteiger partial charge in [0.1, 0.15) is 10.7 Å². The van der Waals surface area contributed by atoms with Gasteiger partial charge >= 0.3 is 0 Å². The Bertz CT molecular complexity index is 524. The van der Waals surface area contributed by atoms with E-state index in [0.717, 1.165) is 6.42 Å². The molecule has 0 aliphatic carbocycles. The third kappa shape index (κ3) is 2.47. The van der Waals surface area contributed by atoms with E-state index in [1.54, 1.807) is 6.07 Å². The summed E-state index contributed by atoms with van der Waals surface area (Å²) in [6.45, 7) is 5.25. The Hall–Kier alpha value is -1.18. The second kappa shape index (κ2) is 4.49. The van der Waals surface area contributed by atoms with Gasteiger partial charge in [-0.1, -0.05) is 13.8 Å². The summed E-state index contributed by atoms with van der Waals surface area (Å²) in [7, 11) is -3.43. The molecule has 1 fully saturated rings. The maximum Gasteiger partial charge on any atom is 0.244 e. The highest BCUT2D eigenvalue weighted by Gasteiger charge is 2.36. The minimum Gasteiger partial charge on any atom is -0.308 e. The highest BCUT2D eigenvalue weighted by atomic mass is 32.2. The lowest BCUT2D eigenvalue weighted by Crippen LogP contribution is -2.30. The second-order valence-electron chi connectivity index (χ2n) is 5.28. The van der Waals surface area contributed by atoms with Gasteiger partial charge in [0.05, 0.1) is 0 Å². The Morgan fingerprint density at radius 1 is 1.44 bits per heavy atom. The quantitative estimate of drug-likeness (QED) is 0.626. The molecule has 1 aliphatic rings. The topological polar surface area (TPSA) is 88.3 Å². The molecule has 0 spiro atoms. The van der Waals surface area contributed by atoms with Crippen LogP contribution in [0.3, 0.4) is 0 Å². The number of hydrazine groups is 1. The molecule has 3 N–H and O–H groups in total. The summed E-state index contributed by atoms with van der Waals surface area (Å²) in [6.07, 6.45) is 2.21. The van der Waals surface area contributed by atoms with Gasteiger partial charge in [0.2, 0.25) is 10.0 Å². The van der Waals surface area contributed by atoms with E-state index in [1.807, 2.05) is 0 Å². The standard InChI is InChI=1S/C11H18N4O2S/c1-11(2)5-6-15(8-11)18(16,17)9-3-4-10(14-12)13-7-9/h3-4,7H,5-6,8,12H2,1-2H3,(H,13,14). The average Bonchev–Trinajstić information content (AvgIpc) is 2.70. The van der Waals surface area contributed by atoms with E-state index in [-0.39, 0.29) is 10.3 Å². The molecular formula is C11H18N4O2S. The fourth-order valence-corrected chi connectivity index (χ4v) is 3.61. The predicted molar refractivity (Wildman–Crippen MR) is 69.2 cm³/mol. The molecule has 1 aliphatic heterocycles. The fourth-order valence-electron chi connectivity index (χ4n) is 2.04. The van der Waals surface area contributed by atoms with E-state index in [0.29, 0.717) is 18.9 Å². The van der Waals surface area contributed by atoms with Gasteiger partial charge in [-0.05, 0) is 24.0 Å². The largest absolute Gasteiger partial charge is 0.308 e. The van der Waals surface area contributed by atoms with Gasteiger partial charge in [0.25, 0.3) is 0 Å². The van der Waals surface area contributed by atoms with Crippen LogP contribution in [0, 0.1) is 5.41 Å². The number of rotatable bonds is 3. The van der Waals surface area contributed by atoms with Crippen molar-refractivity contribution in [3.63, 3.8) is 0 Å². The lowest BCUT2D eigenvalue weighted by atomic mass is 9.93. The Morgan fingerprint density at radius 3 is 2.61 bits per heavy atom. The first-order chi connectivity index (χ1) is 8.35. The van der Waals surface area contributed by atoms with E-state index in [2.05, 4.69) is 24.3 Å². The Balaban J connectivity index is 2.25. The van der Waals surface area contributed by atoms with E-state index < -0.39 is 10.0 Å². The number of nitrogen functional groups attached to an aromatic ring is 1. The molecule has 100 valence electrons. The number of hydrogen-bond acceptors (Lipinski definition) is 5. The molecule has 0 amide bonds. The maximum absolute atomic E-state index is 12.4. The summed E-state index contributed by atoms with van der Waals surface area (Å²) in [5, 5.41) is 0. The van der Waals surface area contributed by atoms with E-state index in [4.69, 9.17) is 5.84 Å². The molecule has 2 heterocycles. The first-order valence-electron chi connectivity index (χ1n) is 5.78. The summed E-state index contributed by atoms with van der Waals surface area (Å²) in [5.74, 6) is 5.63. The molecular weight excluding hydrogens is 252 g/mol. The predicted octanol–water partition coefficient (Wildman–Crippen LogP) is 0.788. The minimum absolute atomic E-state index is 0.0409. The van der Waals surface area contributed by atoms with Crippen molar-refractivity contribution in [2.75, 3.05) is 18.5 Å². The Kier molecular flexibility index (Phi) is 3.31. The van der Waals surface area contributed by atoms with Gasteiger partial charge in [-0.15, -0.1) is 0 Å². The van der Waals surface area contributed by atoms with Crippen LogP contribution in [0.25, 0.3) is 0 Å². The van der Waals surface area contributed by atoms with Crippen molar-refractivity contribution >= 4 is 15.8 Å². The third-order valence-electron chi connectivity index (χ3n) is 3.16. The molecule has 1 aromatic rings. The van der Waals surface area contributed by atoms with Crippen LogP contribution in [0.1, 0.15) is 20.3 Å². The van der Waals surface area contributed by atoms with Crippen molar-refractivity contribution in [3.8, 4) is 0 Å². The molecule has 0 saturated carbocycles. The van der Waals surface area contributed by atoms with Gasteiger partial charge in [0.15, 0.2) is 0 Å². The van der Waals surface area contributed by atoms with Gasteiger partial charge in [-0.3, -0.25) is 0 Å². The van der Waals surface area contributed by atoms with Crippen LogP contribution in [0.2, 0.25) is 0 Å². The molecule has 1 saturated heterocycles. The zero-order valence-corrected chi connectivity index (χ0v) is 11.4. The molecule has 7 heteroatoms. The summed E-state index contributed by atoms with van der Waals surface area (Å²) in [4.78, 5) is 4.14. The van der Waals surface area contributed by atoms with E-state index >= 15 is 0 Å². The van der Waals surface area contributed by atoms with Crippen molar-refractivity contribution in [1.82, 2.24) is 9.29 Å². The van der Waals surface area contributed by atoms with Crippen molar-refractivity contribution in [1.29, 1.82) is 0 Å². The Labute approximate surface area is 107 Å². The average molecular weight is 270 g/mol. The first kappa shape index (κ1) is 13.3. The van der Waals surface area contributed by atoms with Gasteiger partial charge in [-0.25, -0.2) is 19.2 Å². The zero-order valence-electron chi connectivity index (χ0n) is 10.5. The van der Waals surface area contributed by atoms with Crippen LogP contribution in [0.15, 0.2) is 23.2 Å². The summed E-state index contributed by atoms with van der Waals surface area (Å²) >= 11 is 0. The zero-order chi connectivity index (χ0) is 13.4. The first-order valence-corrected chi connectivity index (χ1v) is 7.22. The summed E-state index contributed by atoms with van der Waals surface area (Å²) in [5.41, 5.74) is 2.41. The lowest BCUT2D eigenvalue weighted by molar-refractivity contribution is 0.375. The fraction of sp³-hybridized carbons (Fsp3) is 0.545. The number of hydrogen-bond donors (Lipinski definition) is 2. The van der Waals surface area contributed by atoms with Crippen LogP contribution in [0.4, 0.5) is 5.82 Å². The smallest absolute Gasteiger partial charge is 0.244 e. The van der Waals surface area contributed by atoms with E-state index in [9.17, 15) is 8.42 Å². The molecule has 18 heavy (non-hydrogen) atoms. The van der Waals surface area contributed by atoms with Crippen LogP contribution >= 0.6 is 0 Å². The van der Waals surface area contributed by atoms with Crippen LogP contribution < -0.4 is 11.3 Å². The highest BCUT2D eigenvalue weighted by Crippen LogP contribution is 2.32. The van der Waals surface area contributed by atoms with Gasteiger partial charge in [0, 0.05) is 19.3 Å². The number of sulfonamides is 1. The van der Waals surface area contributed by atoms with E-state index in [1.165, 1.54) is 16.6 Å². The molecule has 0 bridgehead atoms. The van der Waals surface area contributed by atoms with Crippen molar-refractivity contribution < 1.29 is 8.42 Å². The van der Waals surface area contributed by atoms with Crippen molar-refractivity contribution in [3.05, 3.63) is 18.3 Å². The lowest BCUT2D eigenvalue weighted by Gasteiger charge is -2.19. The van der Waals surface area contributed by atoms with Gasteiger partial charge in [-0.2, -0.15) is 4.31 Å². The highest BCUT2D eigenvalue weighted by molar-refractivity contribution is 7.89. The summed E-state index contributed by atoms with van der Waals surface area (Å²) in [6, 6.07) is 3.07. The maximum atomic E-state index is 12.4. The summed E-state index contributed by atoms with van der Waals surface area (Å²) < 4.78 is 26.2. The van der Waals surface area contributed by atoms with Gasteiger partial charge < -0.3 is 5.43 Å². The second-order valence-corrected chi connectivity index (χ2v) is 7.21. The molecule has 6 nitrogen and oxygen atoms in total. The van der Waals surface area contributed by atoms with Crippen molar-refractivity contribution in [2.45, 2.75) is 25.2 Å². The monoisotopic (exact) mass is 270 g/mol. The molecule has 0 atom stereocenters. The van der Waals surface area contributed by atoms with Crippen LogP contribution in [-0.4, -0.2) is 30.8 Å². The Morgan fingerprint density at radius 2 is 2.17 bits per heavy atom. The number of pyridine rings is 1. The minimum atomic E-state index is -3.43. The van der Waals surface area contributed by atoms with Crippen LogP contribution in [-0.2, 0) is 10.0 Å². The van der Waals surface area contributed by atoms with Crippen LogP contribution in [0.5, 0.6) is 0 Å².